The van der Waals surface area contributed by atoms with Gasteiger partial charge in [-0.15, -0.1) is 24.0 Å². The lowest BCUT2D eigenvalue weighted by molar-refractivity contribution is 0.119. The third kappa shape index (κ3) is 8.99. The largest absolute Gasteiger partial charge is 0.490 e. The molecule has 1 aromatic carbocycles. The fourth-order valence-corrected chi connectivity index (χ4v) is 3.32. The Morgan fingerprint density at radius 2 is 2.00 bits per heavy atom. The fourth-order valence-electron chi connectivity index (χ4n) is 3.32. The Morgan fingerprint density at radius 3 is 2.61 bits per heavy atom. The maximum Gasteiger partial charge on any atom is 0.191 e. The molecule has 0 saturated heterocycles. The zero-order chi connectivity index (χ0) is 19.5. The van der Waals surface area contributed by atoms with Crippen molar-refractivity contribution in [2.75, 3.05) is 19.7 Å². The minimum absolute atomic E-state index is 0. The maximum absolute atomic E-state index is 9.31. The number of guanidine groups is 1. The third-order valence-corrected chi connectivity index (χ3v) is 4.97. The Morgan fingerprint density at radius 1 is 1.25 bits per heavy atom. The highest BCUT2D eigenvalue weighted by atomic mass is 127. The summed E-state index contributed by atoms with van der Waals surface area (Å²) in [5.41, 5.74) is 1.12. The number of rotatable bonds is 11. The van der Waals surface area contributed by atoms with Gasteiger partial charge in [-0.1, -0.05) is 32.0 Å². The zero-order valence-electron chi connectivity index (χ0n) is 17.6. The molecule has 1 fully saturated rings. The van der Waals surface area contributed by atoms with Gasteiger partial charge in [-0.25, -0.2) is 4.99 Å². The van der Waals surface area contributed by atoms with Gasteiger partial charge in [0.2, 0.25) is 0 Å². The standard InChI is InChI=1S/C22H37N3O2.HI/c1-4-23-22(24-15-18(12-13-26)14-17(2)3)25-16-19-8-5-6-11-21(19)27-20-9-7-10-20;/h5-6,8,11,17-18,20,26H,4,7,9-10,12-16H2,1-3H3,(H2,23,24,25);1H. The van der Waals surface area contributed by atoms with Crippen LogP contribution in [0.25, 0.3) is 0 Å². The highest BCUT2D eigenvalue weighted by Crippen LogP contribution is 2.27. The van der Waals surface area contributed by atoms with Crippen LogP contribution in [0.3, 0.4) is 0 Å². The molecule has 1 saturated carbocycles. The second kappa shape index (κ2) is 14.0. The summed E-state index contributed by atoms with van der Waals surface area (Å²) in [6.45, 7) is 8.99. The lowest BCUT2D eigenvalue weighted by atomic mass is 9.94. The molecule has 1 aromatic rings. The molecule has 0 amide bonds. The Kier molecular flexibility index (Phi) is 12.5. The summed E-state index contributed by atoms with van der Waals surface area (Å²) in [5, 5.41) is 16.1. The average molecular weight is 503 g/mol. The Labute approximate surface area is 187 Å². The van der Waals surface area contributed by atoms with Crippen LogP contribution in [0, 0.1) is 11.8 Å². The van der Waals surface area contributed by atoms with E-state index in [1.165, 1.54) is 6.42 Å². The van der Waals surface area contributed by atoms with Crippen LogP contribution >= 0.6 is 24.0 Å². The van der Waals surface area contributed by atoms with E-state index in [2.05, 4.69) is 37.5 Å². The summed E-state index contributed by atoms with van der Waals surface area (Å²) in [6.07, 6.45) is 5.88. The number of nitrogens with zero attached hydrogens (tertiary/aromatic N) is 1. The molecule has 0 radical (unpaired) electrons. The molecule has 0 aromatic heterocycles. The molecule has 1 aliphatic rings. The second-order valence-corrected chi connectivity index (χ2v) is 7.86. The van der Waals surface area contributed by atoms with E-state index in [4.69, 9.17) is 9.73 Å². The monoisotopic (exact) mass is 503 g/mol. The summed E-state index contributed by atoms with van der Waals surface area (Å²) >= 11 is 0. The van der Waals surface area contributed by atoms with Crippen molar-refractivity contribution in [1.29, 1.82) is 0 Å². The van der Waals surface area contributed by atoms with Crippen LogP contribution in [0.5, 0.6) is 5.75 Å². The van der Waals surface area contributed by atoms with Crippen LogP contribution in [0.1, 0.15) is 58.4 Å². The van der Waals surface area contributed by atoms with Crippen molar-refractivity contribution in [3.8, 4) is 5.75 Å². The predicted molar refractivity (Wildman–Crippen MR) is 128 cm³/mol. The SMILES string of the molecule is CCNC(=NCc1ccccc1OC1CCC1)NCC(CCO)CC(C)C.I. The molecule has 28 heavy (non-hydrogen) atoms. The average Bonchev–Trinajstić information content (AvgIpc) is 2.61. The van der Waals surface area contributed by atoms with Crippen LogP contribution < -0.4 is 15.4 Å². The van der Waals surface area contributed by atoms with Gasteiger partial charge in [0.1, 0.15) is 5.75 Å². The number of hydrogen-bond acceptors (Lipinski definition) is 3. The van der Waals surface area contributed by atoms with Crippen molar-refractivity contribution < 1.29 is 9.84 Å². The normalized spacial score (nSPS) is 15.5. The van der Waals surface area contributed by atoms with Crippen LogP contribution in [0.4, 0.5) is 0 Å². The lowest BCUT2D eigenvalue weighted by Gasteiger charge is -2.27. The van der Waals surface area contributed by atoms with Crippen molar-refractivity contribution in [2.45, 2.75) is 65.5 Å². The van der Waals surface area contributed by atoms with Gasteiger partial charge in [-0.3, -0.25) is 0 Å². The summed E-state index contributed by atoms with van der Waals surface area (Å²) in [5.74, 6) is 2.86. The molecule has 3 N–H and O–H groups in total. The highest BCUT2D eigenvalue weighted by Gasteiger charge is 2.20. The Hall–Kier alpha value is -1.02. The molecule has 2 rings (SSSR count). The van der Waals surface area contributed by atoms with Crippen molar-refractivity contribution in [2.24, 2.45) is 16.8 Å². The van der Waals surface area contributed by atoms with Crippen molar-refractivity contribution in [3.63, 3.8) is 0 Å². The molecule has 6 heteroatoms. The molecule has 1 aliphatic carbocycles. The molecular weight excluding hydrogens is 465 g/mol. The Balaban J connectivity index is 0.00000392. The van der Waals surface area contributed by atoms with Gasteiger partial charge in [-0.05, 0) is 56.9 Å². The zero-order valence-corrected chi connectivity index (χ0v) is 19.9. The van der Waals surface area contributed by atoms with E-state index in [0.29, 0.717) is 24.5 Å². The number of aliphatic hydroxyl groups is 1. The van der Waals surface area contributed by atoms with E-state index < -0.39 is 0 Å². The Bertz CT molecular complexity index is 577. The quantitative estimate of drug-likeness (QED) is 0.239. The van der Waals surface area contributed by atoms with Gasteiger partial charge in [0.15, 0.2) is 5.96 Å². The van der Waals surface area contributed by atoms with Gasteiger partial charge < -0.3 is 20.5 Å². The summed E-state index contributed by atoms with van der Waals surface area (Å²) in [7, 11) is 0. The van der Waals surface area contributed by atoms with Crippen molar-refractivity contribution in [3.05, 3.63) is 29.8 Å². The van der Waals surface area contributed by atoms with E-state index in [1.807, 2.05) is 18.2 Å². The molecule has 1 unspecified atom stereocenters. The van der Waals surface area contributed by atoms with E-state index >= 15 is 0 Å². The number of nitrogens with one attached hydrogen (secondary N) is 2. The van der Waals surface area contributed by atoms with Crippen LogP contribution in [0.15, 0.2) is 29.3 Å². The summed E-state index contributed by atoms with van der Waals surface area (Å²) < 4.78 is 6.11. The lowest BCUT2D eigenvalue weighted by Crippen LogP contribution is -2.40. The van der Waals surface area contributed by atoms with Crippen LogP contribution in [-0.2, 0) is 6.54 Å². The molecule has 5 nitrogen and oxygen atoms in total. The number of halogens is 1. The van der Waals surface area contributed by atoms with Crippen molar-refractivity contribution in [1.82, 2.24) is 10.6 Å². The summed E-state index contributed by atoms with van der Waals surface area (Å²) in [6, 6.07) is 8.20. The number of para-hydroxylation sites is 1. The molecular formula is C22H38IN3O2. The smallest absolute Gasteiger partial charge is 0.191 e. The van der Waals surface area contributed by atoms with E-state index in [1.54, 1.807) is 0 Å². The molecule has 1 atom stereocenters. The number of ether oxygens (including phenoxy) is 1. The highest BCUT2D eigenvalue weighted by molar-refractivity contribution is 14.0. The number of benzene rings is 1. The van der Waals surface area contributed by atoms with Gasteiger partial charge in [0.05, 0.1) is 12.6 Å². The maximum atomic E-state index is 9.31. The van der Waals surface area contributed by atoms with Gasteiger partial charge >= 0.3 is 0 Å². The van der Waals surface area contributed by atoms with E-state index in [-0.39, 0.29) is 30.6 Å². The first-order valence-corrected chi connectivity index (χ1v) is 10.5. The first-order valence-electron chi connectivity index (χ1n) is 10.5. The van der Waals surface area contributed by atoms with Crippen LogP contribution in [0.2, 0.25) is 0 Å². The summed E-state index contributed by atoms with van der Waals surface area (Å²) in [4.78, 5) is 4.76. The van der Waals surface area contributed by atoms with Crippen LogP contribution in [-0.4, -0.2) is 36.9 Å². The minimum Gasteiger partial charge on any atom is -0.490 e. The van der Waals surface area contributed by atoms with E-state index in [0.717, 1.165) is 56.0 Å². The van der Waals surface area contributed by atoms with Crippen molar-refractivity contribution >= 4 is 29.9 Å². The predicted octanol–water partition coefficient (Wildman–Crippen LogP) is 4.34. The minimum atomic E-state index is 0. The molecule has 0 heterocycles. The number of hydrogen-bond donors (Lipinski definition) is 3. The molecule has 0 spiro atoms. The number of aliphatic imine (C=N–C) groups is 1. The second-order valence-electron chi connectivity index (χ2n) is 7.86. The van der Waals surface area contributed by atoms with Gasteiger partial charge in [-0.2, -0.15) is 0 Å². The molecule has 0 bridgehead atoms. The first-order chi connectivity index (χ1) is 13.1. The third-order valence-electron chi connectivity index (χ3n) is 4.97. The van der Waals surface area contributed by atoms with Gasteiger partial charge in [0.25, 0.3) is 0 Å². The van der Waals surface area contributed by atoms with Gasteiger partial charge in [0, 0.05) is 25.3 Å². The first kappa shape index (κ1) is 25.0. The number of aliphatic hydroxyl groups excluding tert-OH is 1. The van der Waals surface area contributed by atoms with E-state index in [9.17, 15) is 5.11 Å². The fraction of sp³-hybridized carbons (Fsp3) is 0.682. The topological polar surface area (TPSA) is 65.9 Å². The molecule has 160 valence electrons. The molecule has 0 aliphatic heterocycles.